The van der Waals surface area contributed by atoms with Gasteiger partial charge < -0.3 is 19.4 Å². The van der Waals surface area contributed by atoms with Crippen molar-refractivity contribution in [3.8, 4) is 11.5 Å². The van der Waals surface area contributed by atoms with Gasteiger partial charge in [-0.25, -0.2) is 4.79 Å². The van der Waals surface area contributed by atoms with Crippen molar-refractivity contribution < 1.29 is 13.9 Å². The lowest BCUT2D eigenvalue weighted by Crippen LogP contribution is -2.44. The van der Waals surface area contributed by atoms with Crippen LogP contribution >= 0.6 is 0 Å². The van der Waals surface area contributed by atoms with E-state index in [1.165, 1.54) is 19.3 Å². The Hall–Kier alpha value is -2.41. The summed E-state index contributed by atoms with van der Waals surface area (Å²) in [7, 11) is 1.69. The Balaban J connectivity index is 1.45. The van der Waals surface area contributed by atoms with E-state index in [9.17, 15) is 4.79 Å². The van der Waals surface area contributed by atoms with Crippen molar-refractivity contribution in [2.75, 3.05) is 26.8 Å². The number of nitrogens with zero attached hydrogens (tertiary/aromatic N) is 3. The number of urea groups is 1. The van der Waals surface area contributed by atoms with Crippen molar-refractivity contribution >= 4 is 6.03 Å². The zero-order valence-electron chi connectivity index (χ0n) is 16.3. The topological polar surface area (TPSA) is 80.5 Å². The summed E-state index contributed by atoms with van der Waals surface area (Å²) in [6.45, 7) is 1.77. The number of methoxy groups -OCH3 is 1. The van der Waals surface area contributed by atoms with Gasteiger partial charge in [-0.1, -0.05) is 37.5 Å². The molecule has 28 heavy (non-hydrogen) atoms. The Morgan fingerprint density at radius 1 is 1.18 bits per heavy atom. The summed E-state index contributed by atoms with van der Waals surface area (Å²) in [5.41, 5.74) is 0.898. The summed E-state index contributed by atoms with van der Waals surface area (Å²) < 4.78 is 11.4. The number of carbonyl (C=O) groups excluding carboxylic acids is 1. The number of nitrogens with one attached hydrogen (secondary N) is 1. The van der Waals surface area contributed by atoms with Crippen LogP contribution in [0.15, 0.2) is 34.7 Å². The maximum atomic E-state index is 12.8. The first-order chi connectivity index (χ1) is 13.7. The first kappa shape index (κ1) is 18.9. The van der Waals surface area contributed by atoms with Gasteiger partial charge in [-0.05, 0) is 25.0 Å². The molecule has 1 aromatic heterocycles. The van der Waals surface area contributed by atoms with Gasteiger partial charge in [-0.2, -0.15) is 0 Å². The van der Waals surface area contributed by atoms with E-state index in [0.717, 1.165) is 18.4 Å². The molecule has 1 aliphatic heterocycles. The number of rotatable bonds is 5. The van der Waals surface area contributed by atoms with Crippen LogP contribution in [0, 0.1) is 5.92 Å². The Kier molecular flexibility index (Phi) is 5.90. The van der Waals surface area contributed by atoms with Crippen LogP contribution in [0.4, 0.5) is 4.79 Å². The van der Waals surface area contributed by atoms with E-state index in [1.54, 1.807) is 7.11 Å². The molecule has 0 unspecified atom stereocenters. The largest absolute Gasteiger partial charge is 0.420 e. The smallest absolute Gasteiger partial charge is 0.317 e. The maximum Gasteiger partial charge on any atom is 0.317 e. The van der Waals surface area contributed by atoms with Gasteiger partial charge >= 0.3 is 6.03 Å². The second-order valence-electron chi connectivity index (χ2n) is 7.82. The lowest BCUT2D eigenvalue weighted by atomic mass is 9.96. The Bertz CT molecular complexity index is 773. The normalized spacial score (nSPS) is 23.1. The molecular weight excluding hydrogens is 356 g/mol. The standard InChI is InChI=1S/C21H28N4O3/c1-27-14-16-12-25(21(26)22-17-10-6-3-7-11-17)13-18(16)20-24-23-19(28-20)15-8-4-2-5-9-15/h2,4-5,8-9,16-18H,3,6-7,10-14H2,1H3,(H,22,26)/t16-,18+/m0/s1. The molecule has 0 radical (unpaired) electrons. The van der Waals surface area contributed by atoms with Crippen LogP contribution in [0.1, 0.15) is 43.9 Å². The Morgan fingerprint density at radius 3 is 2.71 bits per heavy atom. The fourth-order valence-corrected chi connectivity index (χ4v) is 4.29. The number of amides is 2. The average Bonchev–Trinajstić information content (AvgIpc) is 3.37. The molecule has 0 bridgehead atoms. The van der Waals surface area contributed by atoms with Crippen LogP contribution in [0.2, 0.25) is 0 Å². The molecule has 7 nitrogen and oxygen atoms in total. The number of benzene rings is 1. The van der Waals surface area contributed by atoms with Gasteiger partial charge in [0.25, 0.3) is 0 Å². The van der Waals surface area contributed by atoms with Crippen molar-refractivity contribution in [2.24, 2.45) is 5.92 Å². The molecule has 2 amide bonds. The third kappa shape index (κ3) is 4.19. The summed E-state index contributed by atoms with van der Waals surface area (Å²) in [5.74, 6) is 1.22. The summed E-state index contributed by atoms with van der Waals surface area (Å²) in [6.07, 6.45) is 5.83. The zero-order chi connectivity index (χ0) is 19.3. The monoisotopic (exact) mass is 384 g/mol. The van der Waals surface area contributed by atoms with Gasteiger partial charge in [0.1, 0.15) is 0 Å². The zero-order valence-corrected chi connectivity index (χ0v) is 16.3. The Labute approximate surface area is 165 Å². The van der Waals surface area contributed by atoms with E-state index in [2.05, 4.69) is 15.5 Å². The summed E-state index contributed by atoms with van der Waals surface area (Å²) >= 11 is 0. The lowest BCUT2D eigenvalue weighted by molar-refractivity contribution is 0.144. The molecule has 2 heterocycles. The average molecular weight is 384 g/mol. The van der Waals surface area contributed by atoms with Crippen molar-refractivity contribution in [3.63, 3.8) is 0 Å². The number of carbonyl (C=O) groups is 1. The third-order valence-electron chi connectivity index (χ3n) is 5.82. The van der Waals surface area contributed by atoms with Crippen molar-refractivity contribution in [1.29, 1.82) is 0 Å². The number of hydrogen-bond donors (Lipinski definition) is 1. The highest BCUT2D eigenvalue weighted by Crippen LogP contribution is 2.33. The second-order valence-corrected chi connectivity index (χ2v) is 7.82. The molecule has 7 heteroatoms. The Morgan fingerprint density at radius 2 is 1.96 bits per heavy atom. The van der Waals surface area contributed by atoms with Crippen LogP contribution in [-0.4, -0.2) is 54.0 Å². The predicted molar refractivity (Wildman–Crippen MR) is 105 cm³/mol. The molecule has 1 aliphatic carbocycles. The van der Waals surface area contributed by atoms with Crippen molar-refractivity contribution in [2.45, 2.75) is 44.1 Å². The number of likely N-dealkylation sites (tertiary alicyclic amines) is 1. The second kappa shape index (κ2) is 8.73. The molecule has 2 aromatic rings. The van der Waals surface area contributed by atoms with Gasteiger partial charge in [0.2, 0.25) is 11.8 Å². The highest BCUT2D eigenvalue weighted by Gasteiger charge is 2.39. The van der Waals surface area contributed by atoms with Crippen LogP contribution in [0.3, 0.4) is 0 Å². The molecule has 4 rings (SSSR count). The molecule has 2 atom stereocenters. The van der Waals surface area contributed by atoms with Gasteiger partial charge in [0, 0.05) is 37.7 Å². The van der Waals surface area contributed by atoms with E-state index >= 15 is 0 Å². The van der Waals surface area contributed by atoms with Crippen LogP contribution in [0.25, 0.3) is 11.5 Å². The maximum absolute atomic E-state index is 12.8. The van der Waals surface area contributed by atoms with Gasteiger partial charge in [0.05, 0.1) is 12.5 Å². The number of ether oxygens (including phenoxy) is 1. The quantitative estimate of drug-likeness (QED) is 0.854. The molecule has 0 spiro atoms. The fraction of sp³-hybridized carbons (Fsp3) is 0.571. The molecule has 1 aromatic carbocycles. The highest BCUT2D eigenvalue weighted by atomic mass is 16.5. The van der Waals surface area contributed by atoms with Crippen LogP contribution < -0.4 is 5.32 Å². The molecule has 1 saturated heterocycles. The molecule has 2 fully saturated rings. The minimum absolute atomic E-state index is 0.0120. The van der Waals surface area contributed by atoms with E-state index in [0.29, 0.717) is 37.5 Å². The van der Waals surface area contributed by atoms with Gasteiger partial charge in [0.15, 0.2) is 0 Å². The third-order valence-corrected chi connectivity index (χ3v) is 5.82. The molecule has 1 saturated carbocycles. The van der Waals surface area contributed by atoms with Crippen LogP contribution in [0.5, 0.6) is 0 Å². The van der Waals surface area contributed by atoms with E-state index < -0.39 is 0 Å². The predicted octanol–water partition coefficient (Wildman–Crippen LogP) is 3.44. The summed E-state index contributed by atoms with van der Waals surface area (Å²) in [5, 5.41) is 11.7. The highest BCUT2D eigenvalue weighted by molar-refractivity contribution is 5.75. The molecule has 150 valence electrons. The summed E-state index contributed by atoms with van der Waals surface area (Å²) in [4.78, 5) is 14.6. The van der Waals surface area contributed by atoms with Crippen LogP contribution in [-0.2, 0) is 4.74 Å². The number of hydrogen-bond acceptors (Lipinski definition) is 5. The molecular formula is C21H28N4O3. The van der Waals surface area contributed by atoms with Crippen molar-refractivity contribution in [1.82, 2.24) is 20.4 Å². The van der Waals surface area contributed by atoms with E-state index in [4.69, 9.17) is 9.15 Å². The lowest BCUT2D eigenvalue weighted by Gasteiger charge is -2.26. The SMILES string of the molecule is COC[C@@H]1CN(C(=O)NC2CCCCC2)C[C@H]1c1nnc(-c2ccccc2)o1. The first-order valence-corrected chi connectivity index (χ1v) is 10.2. The van der Waals surface area contributed by atoms with E-state index in [-0.39, 0.29) is 17.9 Å². The van der Waals surface area contributed by atoms with E-state index in [1.807, 2.05) is 35.2 Å². The summed E-state index contributed by atoms with van der Waals surface area (Å²) in [6, 6.07) is 10.0. The molecule has 2 aliphatic rings. The fourth-order valence-electron chi connectivity index (χ4n) is 4.29. The van der Waals surface area contributed by atoms with Gasteiger partial charge in [-0.3, -0.25) is 0 Å². The van der Waals surface area contributed by atoms with Crippen molar-refractivity contribution in [3.05, 3.63) is 36.2 Å². The minimum Gasteiger partial charge on any atom is -0.420 e. The number of aromatic nitrogens is 2. The minimum atomic E-state index is -0.0120. The first-order valence-electron chi connectivity index (χ1n) is 10.2. The molecule has 1 N–H and O–H groups in total. The van der Waals surface area contributed by atoms with Gasteiger partial charge in [-0.15, -0.1) is 10.2 Å².